The number of aryl methyl sites for hydroxylation is 1. The van der Waals surface area contributed by atoms with Gasteiger partial charge in [0.1, 0.15) is 10.7 Å². The molecule has 0 bridgehead atoms. The molecule has 1 saturated heterocycles. The predicted molar refractivity (Wildman–Crippen MR) is 97.1 cm³/mol. The number of sulfonamides is 1. The van der Waals surface area contributed by atoms with Crippen LogP contribution in [-0.4, -0.2) is 37.8 Å². The van der Waals surface area contributed by atoms with Crippen LogP contribution in [0.25, 0.3) is 10.6 Å². The van der Waals surface area contributed by atoms with Crippen LogP contribution >= 0.6 is 11.3 Å². The fourth-order valence-corrected chi connectivity index (χ4v) is 4.85. The summed E-state index contributed by atoms with van der Waals surface area (Å²) in [6, 6.07) is 7.72. The average Bonchev–Trinajstić information content (AvgIpc) is 3.05. The lowest BCUT2D eigenvalue weighted by Crippen LogP contribution is -2.38. The summed E-state index contributed by atoms with van der Waals surface area (Å²) in [5, 5.41) is 2.26. The van der Waals surface area contributed by atoms with Crippen molar-refractivity contribution in [3.63, 3.8) is 0 Å². The Kier molecular flexibility index (Phi) is 5.51. The molecule has 0 unspecified atom stereocenters. The fraction of sp³-hybridized carbons (Fsp3) is 0.412. The number of hydrogen-bond acceptors (Lipinski definition) is 6. The van der Waals surface area contributed by atoms with Gasteiger partial charge in [0.05, 0.1) is 11.9 Å². The summed E-state index contributed by atoms with van der Waals surface area (Å²) in [5.74, 6) is -0.903. The molecule has 1 fully saturated rings. The standard InChI is InChI=1S/C17H20N2O4S2/c1-12-6-2-3-8-14(12)17-18-15(10-24-17)16(20)19-25(21,22)11-13-7-4-5-9-23-13/h2-3,6,8,10,13H,4-5,7,9,11H2,1H3,(H,19,20)/t13-/m1/s1. The molecule has 134 valence electrons. The minimum absolute atomic E-state index is 0.108. The zero-order valence-corrected chi connectivity index (χ0v) is 15.5. The number of thiazole rings is 1. The van der Waals surface area contributed by atoms with Crippen molar-refractivity contribution in [2.24, 2.45) is 0 Å². The Morgan fingerprint density at radius 2 is 2.16 bits per heavy atom. The third-order valence-electron chi connectivity index (χ3n) is 4.04. The molecule has 3 rings (SSSR count). The lowest BCUT2D eigenvalue weighted by Gasteiger charge is -2.22. The first-order valence-electron chi connectivity index (χ1n) is 8.12. The van der Waals surface area contributed by atoms with Crippen molar-refractivity contribution < 1.29 is 17.9 Å². The van der Waals surface area contributed by atoms with Crippen LogP contribution in [0.3, 0.4) is 0 Å². The second kappa shape index (κ2) is 7.63. The number of nitrogens with zero attached hydrogens (tertiary/aromatic N) is 1. The van der Waals surface area contributed by atoms with Gasteiger partial charge in [-0.1, -0.05) is 24.3 Å². The zero-order valence-electron chi connectivity index (χ0n) is 13.9. The van der Waals surface area contributed by atoms with E-state index in [1.54, 1.807) is 5.38 Å². The summed E-state index contributed by atoms with van der Waals surface area (Å²) >= 11 is 1.32. The van der Waals surface area contributed by atoms with E-state index in [-0.39, 0.29) is 17.6 Å². The van der Waals surface area contributed by atoms with E-state index in [9.17, 15) is 13.2 Å². The van der Waals surface area contributed by atoms with E-state index in [0.717, 1.165) is 24.0 Å². The minimum Gasteiger partial charge on any atom is -0.377 e. The quantitative estimate of drug-likeness (QED) is 0.862. The van der Waals surface area contributed by atoms with Gasteiger partial charge in [-0.05, 0) is 31.7 Å². The van der Waals surface area contributed by atoms with Gasteiger partial charge in [-0.3, -0.25) is 4.79 Å². The number of nitrogens with one attached hydrogen (secondary N) is 1. The Bertz CT molecular complexity index is 855. The molecule has 1 aromatic carbocycles. The third kappa shape index (κ3) is 4.65. The number of rotatable bonds is 5. The summed E-state index contributed by atoms with van der Waals surface area (Å²) < 4.78 is 31.9. The summed E-state index contributed by atoms with van der Waals surface area (Å²) in [5.41, 5.74) is 2.09. The second-order valence-corrected chi connectivity index (χ2v) is 8.68. The molecule has 1 amide bonds. The van der Waals surface area contributed by atoms with Gasteiger partial charge < -0.3 is 4.74 Å². The molecule has 1 aliphatic heterocycles. The second-order valence-electron chi connectivity index (χ2n) is 6.05. The van der Waals surface area contributed by atoms with Crippen LogP contribution < -0.4 is 4.72 Å². The molecule has 2 aromatic rings. The van der Waals surface area contributed by atoms with Crippen molar-refractivity contribution >= 4 is 27.3 Å². The van der Waals surface area contributed by atoms with E-state index in [1.807, 2.05) is 31.2 Å². The van der Waals surface area contributed by atoms with E-state index in [0.29, 0.717) is 18.0 Å². The van der Waals surface area contributed by atoms with Crippen LogP contribution in [-0.2, 0) is 14.8 Å². The molecule has 1 aliphatic rings. The number of benzene rings is 1. The molecular formula is C17H20N2O4S2. The molecule has 0 radical (unpaired) electrons. The van der Waals surface area contributed by atoms with Crippen LogP contribution in [0.2, 0.25) is 0 Å². The van der Waals surface area contributed by atoms with Crippen LogP contribution in [0, 0.1) is 6.92 Å². The molecule has 0 spiro atoms. The zero-order chi connectivity index (χ0) is 17.9. The fourth-order valence-electron chi connectivity index (χ4n) is 2.73. The van der Waals surface area contributed by atoms with Gasteiger partial charge in [0.2, 0.25) is 10.0 Å². The summed E-state index contributed by atoms with van der Waals surface area (Å²) in [6.07, 6.45) is 2.24. The van der Waals surface area contributed by atoms with Gasteiger partial charge in [0.25, 0.3) is 5.91 Å². The monoisotopic (exact) mass is 380 g/mol. The molecule has 2 heterocycles. The maximum Gasteiger partial charge on any atom is 0.284 e. The number of aromatic nitrogens is 1. The molecule has 8 heteroatoms. The van der Waals surface area contributed by atoms with Crippen molar-refractivity contribution in [3.05, 3.63) is 40.9 Å². The van der Waals surface area contributed by atoms with E-state index >= 15 is 0 Å². The largest absolute Gasteiger partial charge is 0.377 e. The van der Waals surface area contributed by atoms with Crippen molar-refractivity contribution in [1.82, 2.24) is 9.71 Å². The predicted octanol–water partition coefficient (Wildman–Crippen LogP) is 2.75. The highest BCUT2D eigenvalue weighted by Crippen LogP contribution is 2.26. The SMILES string of the molecule is Cc1ccccc1-c1nc(C(=O)NS(=O)(=O)C[C@H]2CCCCO2)cs1. The summed E-state index contributed by atoms with van der Waals surface area (Å²) in [4.78, 5) is 16.5. The Morgan fingerprint density at radius 1 is 1.36 bits per heavy atom. The number of hydrogen-bond donors (Lipinski definition) is 1. The highest BCUT2D eigenvalue weighted by Gasteiger charge is 2.25. The molecule has 0 saturated carbocycles. The normalized spacial score (nSPS) is 18.0. The smallest absolute Gasteiger partial charge is 0.284 e. The number of ether oxygens (including phenoxy) is 1. The lowest BCUT2D eigenvalue weighted by molar-refractivity contribution is 0.0304. The van der Waals surface area contributed by atoms with Crippen molar-refractivity contribution in [2.75, 3.05) is 12.4 Å². The molecule has 1 N–H and O–H groups in total. The first-order chi connectivity index (χ1) is 11.9. The number of carbonyl (C=O) groups excluding carboxylic acids is 1. The van der Waals surface area contributed by atoms with Gasteiger partial charge in [-0.2, -0.15) is 0 Å². The van der Waals surface area contributed by atoms with E-state index in [2.05, 4.69) is 9.71 Å². The molecule has 25 heavy (non-hydrogen) atoms. The lowest BCUT2D eigenvalue weighted by atomic mass is 10.1. The third-order valence-corrected chi connectivity index (χ3v) is 6.22. The summed E-state index contributed by atoms with van der Waals surface area (Å²) in [6.45, 7) is 2.53. The van der Waals surface area contributed by atoms with Gasteiger partial charge in [0.15, 0.2) is 0 Å². The molecule has 1 atom stereocenters. The maximum absolute atomic E-state index is 12.2. The number of amides is 1. The first kappa shape index (κ1) is 18.0. The first-order valence-corrected chi connectivity index (χ1v) is 10.7. The van der Waals surface area contributed by atoms with E-state index < -0.39 is 15.9 Å². The highest BCUT2D eigenvalue weighted by molar-refractivity contribution is 7.90. The minimum atomic E-state index is -3.75. The van der Waals surface area contributed by atoms with Gasteiger partial charge in [0, 0.05) is 17.6 Å². The topological polar surface area (TPSA) is 85.4 Å². The Balaban J connectivity index is 1.68. The van der Waals surface area contributed by atoms with E-state index in [1.165, 1.54) is 11.3 Å². The van der Waals surface area contributed by atoms with E-state index in [4.69, 9.17) is 4.74 Å². The molecule has 6 nitrogen and oxygen atoms in total. The average molecular weight is 380 g/mol. The Morgan fingerprint density at radius 3 is 2.88 bits per heavy atom. The number of carbonyl (C=O) groups is 1. The van der Waals surface area contributed by atoms with Crippen molar-refractivity contribution in [2.45, 2.75) is 32.3 Å². The molecule has 0 aliphatic carbocycles. The Hall–Kier alpha value is -1.77. The van der Waals surface area contributed by atoms with Crippen LogP contribution in [0.1, 0.15) is 35.3 Å². The van der Waals surface area contributed by atoms with Crippen LogP contribution in [0.5, 0.6) is 0 Å². The van der Waals surface area contributed by atoms with Crippen molar-refractivity contribution in [3.8, 4) is 10.6 Å². The Labute approximate surface area is 151 Å². The van der Waals surface area contributed by atoms with Gasteiger partial charge in [-0.15, -0.1) is 11.3 Å². The molecular weight excluding hydrogens is 360 g/mol. The highest BCUT2D eigenvalue weighted by atomic mass is 32.2. The van der Waals surface area contributed by atoms with Crippen molar-refractivity contribution in [1.29, 1.82) is 0 Å². The van der Waals surface area contributed by atoms with Crippen LogP contribution in [0.4, 0.5) is 0 Å². The summed E-state index contributed by atoms with van der Waals surface area (Å²) in [7, 11) is -3.75. The van der Waals surface area contributed by atoms with Crippen LogP contribution in [0.15, 0.2) is 29.6 Å². The van der Waals surface area contributed by atoms with Gasteiger partial charge in [-0.25, -0.2) is 18.1 Å². The molecule has 1 aromatic heterocycles. The van der Waals surface area contributed by atoms with Gasteiger partial charge >= 0.3 is 0 Å². The maximum atomic E-state index is 12.2.